The van der Waals surface area contributed by atoms with Crippen LogP contribution in [0.2, 0.25) is 0 Å². The van der Waals surface area contributed by atoms with Gasteiger partial charge in [0.15, 0.2) is 5.16 Å². The summed E-state index contributed by atoms with van der Waals surface area (Å²) in [5.74, 6) is 0. The first-order valence-corrected chi connectivity index (χ1v) is 7.47. The standard InChI is InChI=1S/C14H18N4OS/c1-2-3-11-8-13(19)18-14(17-11)20-12(9-15)10-4-6-16-7-5-10/h4-8,12H,2-3,9,15H2,1H3,(H,17,18,19). The maximum Gasteiger partial charge on any atom is 0.251 e. The van der Waals surface area contributed by atoms with Gasteiger partial charge in [-0.2, -0.15) is 0 Å². The van der Waals surface area contributed by atoms with Crippen molar-refractivity contribution in [2.75, 3.05) is 6.54 Å². The van der Waals surface area contributed by atoms with Gasteiger partial charge in [0.2, 0.25) is 0 Å². The average Bonchev–Trinajstić information content (AvgIpc) is 2.45. The topological polar surface area (TPSA) is 84.7 Å². The molecule has 2 heterocycles. The molecule has 0 fully saturated rings. The van der Waals surface area contributed by atoms with Crippen molar-refractivity contribution in [1.82, 2.24) is 15.0 Å². The normalized spacial score (nSPS) is 12.3. The van der Waals surface area contributed by atoms with Gasteiger partial charge in [-0.15, -0.1) is 0 Å². The fourth-order valence-electron chi connectivity index (χ4n) is 1.89. The molecule has 1 unspecified atom stereocenters. The highest BCUT2D eigenvalue weighted by Crippen LogP contribution is 2.31. The highest BCUT2D eigenvalue weighted by molar-refractivity contribution is 7.99. The van der Waals surface area contributed by atoms with Gasteiger partial charge >= 0.3 is 0 Å². The molecule has 6 heteroatoms. The Hall–Kier alpha value is -1.66. The van der Waals surface area contributed by atoms with Gasteiger partial charge < -0.3 is 10.7 Å². The Balaban J connectivity index is 2.21. The highest BCUT2D eigenvalue weighted by Gasteiger charge is 2.13. The fourth-order valence-corrected chi connectivity index (χ4v) is 2.88. The minimum atomic E-state index is -0.114. The van der Waals surface area contributed by atoms with Crippen molar-refractivity contribution in [3.8, 4) is 0 Å². The Kier molecular flexibility index (Phi) is 5.31. The van der Waals surface area contributed by atoms with Gasteiger partial charge in [-0.25, -0.2) is 4.98 Å². The van der Waals surface area contributed by atoms with Crippen molar-refractivity contribution >= 4 is 11.8 Å². The quantitative estimate of drug-likeness (QED) is 0.627. The molecule has 0 spiro atoms. The molecule has 2 rings (SSSR count). The van der Waals surface area contributed by atoms with Crippen LogP contribution in [0, 0.1) is 0 Å². The van der Waals surface area contributed by atoms with E-state index in [9.17, 15) is 4.79 Å². The van der Waals surface area contributed by atoms with Gasteiger partial charge in [-0.1, -0.05) is 25.1 Å². The van der Waals surface area contributed by atoms with Crippen molar-refractivity contribution in [3.63, 3.8) is 0 Å². The summed E-state index contributed by atoms with van der Waals surface area (Å²) in [6.45, 7) is 2.53. The van der Waals surface area contributed by atoms with Crippen LogP contribution in [0.15, 0.2) is 40.5 Å². The number of aromatic nitrogens is 3. The third-order valence-corrected chi connectivity index (χ3v) is 3.99. The number of H-pyrrole nitrogens is 1. The molecule has 0 amide bonds. The zero-order valence-electron chi connectivity index (χ0n) is 11.4. The maximum absolute atomic E-state index is 11.6. The highest BCUT2D eigenvalue weighted by atomic mass is 32.2. The third-order valence-electron chi connectivity index (χ3n) is 2.82. The maximum atomic E-state index is 11.6. The number of nitrogens with one attached hydrogen (secondary N) is 1. The van der Waals surface area contributed by atoms with Gasteiger partial charge in [0.05, 0.1) is 0 Å². The monoisotopic (exact) mass is 290 g/mol. The molecule has 1 atom stereocenters. The largest absolute Gasteiger partial charge is 0.329 e. The van der Waals surface area contributed by atoms with Crippen molar-refractivity contribution in [1.29, 1.82) is 0 Å². The smallest absolute Gasteiger partial charge is 0.251 e. The molecule has 0 aliphatic heterocycles. The second-order valence-corrected chi connectivity index (χ2v) is 5.61. The van der Waals surface area contributed by atoms with Crippen LogP contribution in [0.3, 0.4) is 0 Å². The molecule has 0 aliphatic carbocycles. The van der Waals surface area contributed by atoms with E-state index in [1.807, 2.05) is 12.1 Å². The first kappa shape index (κ1) is 14.7. The van der Waals surface area contributed by atoms with E-state index in [4.69, 9.17) is 5.73 Å². The van der Waals surface area contributed by atoms with Gasteiger partial charge in [-0.3, -0.25) is 9.78 Å². The second-order valence-electron chi connectivity index (χ2n) is 4.41. The SMILES string of the molecule is CCCc1cc(=O)[nH]c(SC(CN)c2ccncc2)n1. The molecule has 2 aromatic heterocycles. The first-order chi connectivity index (χ1) is 9.72. The van der Waals surface area contributed by atoms with Crippen molar-refractivity contribution in [3.05, 3.63) is 52.2 Å². The van der Waals surface area contributed by atoms with E-state index in [0.29, 0.717) is 11.7 Å². The molecule has 106 valence electrons. The summed E-state index contributed by atoms with van der Waals surface area (Å²) in [6.07, 6.45) is 5.25. The summed E-state index contributed by atoms with van der Waals surface area (Å²) in [4.78, 5) is 22.9. The van der Waals surface area contributed by atoms with Gasteiger partial charge in [0, 0.05) is 35.9 Å². The van der Waals surface area contributed by atoms with E-state index in [0.717, 1.165) is 24.1 Å². The van der Waals surface area contributed by atoms with Crippen LogP contribution in [-0.2, 0) is 6.42 Å². The van der Waals surface area contributed by atoms with Gasteiger partial charge in [-0.05, 0) is 24.1 Å². The lowest BCUT2D eigenvalue weighted by atomic mass is 10.2. The van der Waals surface area contributed by atoms with Crippen LogP contribution in [-0.4, -0.2) is 21.5 Å². The molecule has 0 saturated carbocycles. The molecule has 3 N–H and O–H groups in total. The van der Waals surface area contributed by atoms with Crippen molar-refractivity contribution < 1.29 is 0 Å². The molecule has 0 bridgehead atoms. The predicted molar refractivity (Wildman–Crippen MR) is 80.7 cm³/mol. The number of nitrogens with zero attached hydrogens (tertiary/aromatic N) is 2. The zero-order valence-corrected chi connectivity index (χ0v) is 12.2. The lowest BCUT2D eigenvalue weighted by molar-refractivity contribution is 0.810. The third kappa shape index (κ3) is 3.91. The Morgan fingerprint density at radius 3 is 2.80 bits per heavy atom. The number of nitrogens with two attached hydrogens (primary N) is 1. The summed E-state index contributed by atoms with van der Waals surface area (Å²) in [7, 11) is 0. The average molecular weight is 290 g/mol. The van der Waals surface area contributed by atoms with Crippen LogP contribution in [0.4, 0.5) is 0 Å². The number of hydrogen-bond donors (Lipinski definition) is 2. The minimum absolute atomic E-state index is 0.0537. The van der Waals surface area contributed by atoms with E-state index in [1.54, 1.807) is 18.5 Å². The van der Waals surface area contributed by atoms with Crippen molar-refractivity contribution in [2.45, 2.75) is 30.2 Å². The number of thioether (sulfide) groups is 1. The Morgan fingerprint density at radius 1 is 1.40 bits per heavy atom. The molecular weight excluding hydrogens is 272 g/mol. The molecule has 0 saturated heterocycles. The van der Waals surface area contributed by atoms with E-state index >= 15 is 0 Å². The Labute approximate surface area is 122 Å². The Morgan fingerprint density at radius 2 is 2.15 bits per heavy atom. The van der Waals surface area contributed by atoms with Crippen LogP contribution in [0.5, 0.6) is 0 Å². The molecule has 0 aliphatic rings. The lowest BCUT2D eigenvalue weighted by Gasteiger charge is -2.14. The molecule has 5 nitrogen and oxygen atoms in total. The van der Waals surface area contributed by atoms with Crippen LogP contribution in [0.25, 0.3) is 0 Å². The summed E-state index contributed by atoms with van der Waals surface area (Å²) >= 11 is 1.48. The second kappa shape index (κ2) is 7.21. The van der Waals surface area contributed by atoms with E-state index < -0.39 is 0 Å². The first-order valence-electron chi connectivity index (χ1n) is 6.59. The zero-order chi connectivity index (χ0) is 14.4. The number of hydrogen-bond acceptors (Lipinski definition) is 5. The van der Waals surface area contributed by atoms with E-state index in [-0.39, 0.29) is 10.8 Å². The summed E-state index contributed by atoms with van der Waals surface area (Å²) < 4.78 is 0. The lowest BCUT2D eigenvalue weighted by Crippen LogP contribution is -2.13. The van der Waals surface area contributed by atoms with Crippen molar-refractivity contribution in [2.24, 2.45) is 5.73 Å². The molecule has 2 aromatic rings. The number of aryl methyl sites for hydroxylation is 1. The molecule has 20 heavy (non-hydrogen) atoms. The summed E-state index contributed by atoms with van der Waals surface area (Å²) in [6, 6.07) is 5.41. The summed E-state index contributed by atoms with van der Waals surface area (Å²) in [5, 5.41) is 0.672. The minimum Gasteiger partial charge on any atom is -0.329 e. The number of aromatic amines is 1. The summed E-state index contributed by atoms with van der Waals surface area (Å²) in [5.41, 5.74) is 7.62. The van der Waals surface area contributed by atoms with Gasteiger partial charge in [0.1, 0.15) is 0 Å². The number of rotatable bonds is 6. The van der Waals surface area contributed by atoms with E-state index in [1.165, 1.54) is 11.8 Å². The van der Waals surface area contributed by atoms with Crippen LogP contribution >= 0.6 is 11.8 Å². The molecule has 0 aromatic carbocycles. The molecular formula is C14H18N4OS. The Bertz CT molecular complexity index is 600. The fraction of sp³-hybridized carbons (Fsp3) is 0.357. The predicted octanol–water partition coefficient (Wildman–Crippen LogP) is 1.91. The van der Waals surface area contributed by atoms with Crippen LogP contribution in [0.1, 0.15) is 29.9 Å². The number of pyridine rings is 1. The van der Waals surface area contributed by atoms with Gasteiger partial charge in [0.25, 0.3) is 5.56 Å². The van der Waals surface area contributed by atoms with Crippen LogP contribution < -0.4 is 11.3 Å². The molecule has 0 radical (unpaired) electrons. The van der Waals surface area contributed by atoms with E-state index in [2.05, 4.69) is 21.9 Å².